The van der Waals surface area contributed by atoms with Crippen molar-refractivity contribution >= 4 is 40.8 Å². The fraction of sp³-hybridized carbons (Fsp3) is 0.273. The van der Waals surface area contributed by atoms with Crippen molar-refractivity contribution in [3.8, 4) is 0 Å². The number of hydrogen-bond acceptors (Lipinski definition) is 6. The number of anilines is 1. The van der Waals surface area contributed by atoms with Gasteiger partial charge in [-0.2, -0.15) is 0 Å². The maximum atomic E-state index is 12.8. The molecule has 0 radical (unpaired) electrons. The van der Waals surface area contributed by atoms with E-state index < -0.39 is 11.9 Å². The molecule has 0 bridgehead atoms. The van der Waals surface area contributed by atoms with Crippen LogP contribution in [0.4, 0.5) is 5.69 Å². The summed E-state index contributed by atoms with van der Waals surface area (Å²) in [5.41, 5.74) is 1.68. The zero-order valence-corrected chi connectivity index (χ0v) is 18.2. The topological polar surface area (TPSA) is 91.0 Å². The summed E-state index contributed by atoms with van der Waals surface area (Å²) in [5.74, 6) is -1.03. The predicted octanol–water partition coefficient (Wildman–Crippen LogP) is 1.99. The molecule has 1 saturated heterocycles. The minimum atomic E-state index is -0.530. The minimum Gasteiger partial charge on any atom is -0.465 e. The Labute approximate surface area is 186 Å². The molecule has 31 heavy (non-hydrogen) atoms. The van der Waals surface area contributed by atoms with Crippen molar-refractivity contribution in [2.75, 3.05) is 45.7 Å². The summed E-state index contributed by atoms with van der Waals surface area (Å²) in [6, 6.07) is 13.1. The summed E-state index contributed by atoms with van der Waals surface area (Å²) < 4.78 is 4.67. The molecule has 2 amide bonds. The maximum Gasteiger partial charge on any atom is 0.337 e. The number of likely N-dealkylation sites (N-methyl/N-ethyl adjacent to an activating group) is 1. The average Bonchev–Trinajstić information content (AvgIpc) is 2.78. The highest BCUT2D eigenvalue weighted by molar-refractivity contribution is 7.80. The first-order valence-corrected chi connectivity index (χ1v) is 10.2. The van der Waals surface area contributed by atoms with Gasteiger partial charge in [0, 0.05) is 43.0 Å². The molecule has 0 unspecified atom stereocenters. The lowest BCUT2D eigenvalue weighted by molar-refractivity contribution is 0.0599. The van der Waals surface area contributed by atoms with Gasteiger partial charge in [-0.1, -0.05) is 12.1 Å². The summed E-state index contributed by atoms with van der Waals surface area (Å²) in [4.78, 5) is 40.9. The number of carbonyl (C=O) groups excluding carboxylic acids is 3. The molecule has 1 aliphatic heterocycles. The van der Waals surface area contributed by atoms with Crippen molar-refractivity contribution in [1.29, 1.82) is 0 Å². The first-order chi connectivity index (χ1) is 14.9. The Kier molecular flexibility index (Phi) is 7.32. The Morgan fingerprint density at radius 3 is 2.29 bits per heavy atom. The van der Waals surface area contributed by atoms with Gasteiger partial charge in [0.1, 0.15) is 0 Å². The molecule has 0 aromatic heterocycles. The van der Waals surface area contributed by atoms with Gasteiger partial charge in [0.05, 0.1) is 12.7 Å². The molecule has 2 aromatic carbocycles. The molecule has 0 spiro atoms. The number of thiocarbonyl (C=S) groups is 1. The zero-order valence-electron chi connectivity index (χ0n) is 17.4. The van der Waals surface area contributed by atoms with E-state index in [-0.39, 0.29) is 22.1 Å². The van der Waals surface area contributed by atoms with Crippen LogP contribution in [0, 0.1) is 0 Å². The van der Waals surface area contributed by atoms with Gasteiger partial charge in [-0.3, -0.25) is 14.9 Å². The third kappa shape index (κ3) is 5.87. The smallest absolute Gasteiger partial charge is 0.337 e. The number of carbonyl (C=O) groups is 3. The Hall–Kier alpha value is -3.30. The van der Waals surface area contributed by atoms with Crippen LogP contribution >= 0.6 is 12.2 Å². The van der Waals surface area contributed by atoms with Crippen LogP contribution in [0.2, 0.25) is 0 Å². The van der Waals surface area contributed by atoms with Crippen LogP contribution in [0.25, 0.3) is 0 Å². The van der Waals surface area contributed by atoms with E-state index in [1.165, 1.54) is 13.2 Å². The molecule has 8 nitrogen and oxygen atoms in total. The van der Waals surface area contributed by atoms with Gasteiger partial charge in [-0.05, 0) is 55.7 Å². The number of esters is 1. The van der Waals surface area contributed by atoms with E-state index >= 15 is 0 Å². The standard InChI is InChI=1S/C22H24N4O4S/c1-25-9-11-26(12-10-25)20(28)16-6-4-8-18(14-16)23-22(31)24-19(27)15-5-3-7-17(13-15)21(29)30-2/h3-8,13-14H,9-12H2,1-2H3,(H2,23,24,27,31). The van der Waals surface area contributed by atoms with Crippen molar-refractivity contribution in [3.63, 3.8) is 0 Å². The Balaban J connectivity index is 1.62. The van der Waals surface area contributed by atoms with Gasteiger partial charge < -0.3 is 19.9 Å². The van der Waals surface area contributed by atoms with Gasteiger partial charge >= 0.3 is 5.97 Å². The number of methoxy groups -OCH3 is 1. The number of amides is 2. The molecule has 0 aliphatic carbocycles. The van der Waals surface area contributed by atoms with E-state index in [9.17, 15) is 14.4 Å². The summed E-state index contributed by atoms with van der Waals surface area (Å²) in [5, 5.41) is 5.58. The molecule has 1 aliphatic rings. The zero-order chi connectivity index (χ0) is 22.4. The molecular weight excluding hydrogens is 416 g/mol. The number of ether oxygens (including phenoxy) is 1. The second kappa shape index (κ2) is 10.1. The van der Waals surface area contributed by atoms with E-state index in [1.54, 1.807) is 42.5 Å². The van der Waals surface area contributed by atoms with Crippen LogP contribution < -0.4 is 10.6 Å². The predicted molar refractivity (Wildman–Crippen MR) is 121 cm³/mol. The molecule has 2 aromatic rings. The first kappa shape index (κ1) is 22.4. The molecule has 9 heteroatoms. The van der Waals surface area contributed by atoms with Crippen LogP contribution in [0.5, 0.6) is 0 Å². The first-order valence-electron chi connectivity index (χ1n) is 9.76. The highest BCUT2D eigenvalue weighted by Gasteiger charge is 2.20. The summed E-state index contributed by atoms with van der Waals surface area (Å²) in [6.45, 7) is 3.06. The number of nitrogens with zero attached hydrogens (tertiary/aromatic N) is 2. The lowest BCUT2D eigenvalue weighted by Gasteiger charge is -2.32. The number of rotatable bonds is 4. The Bertz CT molecular complexity index is 1000. The lowest BCUT2D eigenvalue weighted by Crippen LogP contribution is -2.47. The Morgan fingerprint density at radius 1 is 0.935 bits per heavy atom. The van der Waals surface area contributed by atoms with E-state index in [0.29, 0.717) is 24.3 Å². The molecule has 0 saturated carbocycles. The van der Waals surface area contributed by atoms with Crippen molar-refractivity contribution in [3.05, 3.63) is 65.2 Å². The van der Waals surface area contributed by atoms with Crippen molar-refractivity contribution < 1.29 is 19.1 Å². The van der Waals surface area contributed by atoms with Gasteiger partial charge in [-0.25, -0.2) is 4.79 Å². The van der Waals surface area contributed by atoms with E-state index in [4.69, 9.17) is 12.2 Å². The molecule has 0 atom stereocenters. The van der Waals surface area contributed by atoms with E-state index in [0.717, 1.165) is 13.1 Å². The van der Waals surface area contributed by atoms with Crippen molar-refractivity contribution in [2.24, 2.45) is 0 Å². The number of benzene rings is 2. The number of piperazine rings is 1. The second-order valence-electron chi connectivity index (χ2n) is 7.16. The summed E-state index contributed by atoms with van der Waals surface area (Å²) in [7, 11) is 3.31. The van der Waals surface area contributed by atoms with Crippen molar-refractivity contribution in [2.45, 2.75) is 0 Å². The largest absolute Gasteiger partial charge is 0.465 e. The van der Waals surface area contributed by atoms with Gasteiger partial charge in [0.25, 0.3) is 11.8 Å². The van der Waals surface area contributed by atoms with E-state index in [2.05, 4.69) is 20.3 Å². The SMILES string of the molecule is COC(=O)c1cccc(C(=O)NC(=S)Nc2cccc(C(=O)N3CCN(C)CC3)c2)c1. The van der Waals surface area contributed by atoms with Gasteiger partial charge in [0.2, 0.25) is 0 Å². The normalized spacial score (nSPS) is 13.9. The fourth-order valence-electron chi connectivity index (χ4n) is 3.16. The van der Waals surface area contributed by atoms with Crippen LogP contribution in [0.15, 0.2) is 48.5 Å². The van der Waals surface area contributed by atoms with Gasteiger partial charge in [-0.15, -0.1) is 0 Å². The van der Waals surface area contributed by atoms with Crippen LogP contribution in [-0.4, -0.2) is 73.0 Å². The summed E-state index contributed by atoms with van der Waals surface area (Å²) in [6.07, 6.45) is 0. The second-order valence-corrected chi connectivity index (χ2v) is 7.57. The maximum absolute atomic E-state index is 12.8. The van der Waals surface area contributed by atoms with Crippen LogP contribution in [-0.2, 0) is 4.74 Å². The third-order valence-electron chi connectivity index (χ3n) is 4.93. The van der Waals surface area contributed by atoms with Crippen molar-refractivity contribution in [1.82, 2.24) is 15.1 Å². The molecule has 3 rings (SSSR count). The monoisotopic (exact) mass is 440 g/mol. The fourth-order valence-corrected chi connectivity index (χ4v) is 3.38. The average molecular weight is 441 g/mol. The molecule has 1 heterocycles. The number of hydrogen-bond donors (Lipinski definition) is 2. The lowest BCUT2D eigenvalue weighted by atomic mass is 10.1. The van der Waals surface area contributed by atoms with Crippen LogP contribution in [0.1, 0.15) is 31.1 Å². The van der Waals surface area contributed by atoms with Gasteiger partial charge in [0.15, 0.2) is 5.11 Å². The van der Waals surface area contributed by atoms with Crippen LogP contribution in [0.3, 0.4) is 0 Å². The molecule has 1 fully saturated rings. The number of nitrogens with one attached hydrogen (secondary N) is 2. The molecule has 2 N–H and O–H groups in total. The Morgan fingerprint density at radius 2 is 1.58 bits per heavy atom. The van der Waals surface area contributed by atoms with E-state index in [1.807, 2.05) is 11.9 Å². The highest BCUT2D eigenvalue weighted by atomic mass is 32.1. The molecular formula is C22H24N4O4S. The minimum absolute atomic E-state index is 0.0358. The third-order valence-corrected chi connectivity index (χ3v) is 5.13. The highest BCUT2D eigenvalue weighted by Crippen LogP contribution is 2.14. The molecule has 162 valence electrons. The quantitative estimate of drug-likeness (QED) is 0.555. The summed E-state index contributed by atoms with van der Waals surface area (Å²) >= 11 is 5.23.